The number of pyridine rings is 1. The van der Waals surface area contributed by atoms with Gasteiger partial charge in [-0.25, -0.2) is 4.79 Å². The van der Waals surface area contributed by atoms with Crippen molar-refractivity contribution in [1.82, 2.24) is 4.98 Å². The molecule has 0 spiro atoms. The first-order valence-corrected chi connectivity index (χ1v) is 9.55. The molecule has 0 aliphatic heterocycles. The molecule has 0 fully saturated rings. The van der Waals surface area contributed by atoms with Gasteiger partial charge in [0.05, 0.1) is 22.5 Å². The van der Waals surface area contributed by atoms with E-state index in [2.05, 4.69) is 4.98 Å². The first-order valence-electron chi connectivity index (χ1n) is 8.56. The molecule has 0 unspecified atom stereocenters. The Labute approximate surface area is 152 Å². The van der Waals surface area contributed by atoms with Crippen molar-refractivity contribution in [2.45, 2.75) is 40.0 Å². The first kappa shape index (κ1) is 19.2. The number of hydrogen-bond donors (Lipinski definition) is 1. The molecular weight excluding hydrogens is 334 g/mol. The van der Waals surface area contributed by atoms with Crippen molar-refractivity contribution in [2.75, 3.05) is 5.75 Å². The third kappa shape index (κ3) is 4.10. The lowest BCUT2D eigenvalue weighted by Gasteiger charge is -2.18. The van der Waals surface area contributed by atoms with Crippen LogP contribution in [0.25, 0.3) is 11.3 Å². The van der Waals surface area contributed by atoms with E-state index in [0.29, 0.717) is 41.1 Å². The highest BCUT2D eigenvalue weighted by molar-refractivity contribution is 8.14. The number of aryl methyl sites for hydroxylation is 1. The average Bonchev–Trinajstić information content (AvgIpc) is 2.61. The van der Waals surface area contributed by atoms with Gasteiger partial charge in [0.25, 0.3) is 0 Å². The van der Waals surface area contributed by atoms with Crippen molar-refractivity contribution in [2.24, 2.45) is 0 Å². The second-order valence-electron chi connectivity index (χ2n) is 5.63. The Kier molecular flexibility index (Phi) is 6.76. The molecule has 2 rings (SSSR count). The highest BCUT2D eigenvalue weighted by atomic mass is 32.2. The summed E-state index contributed by atoms with van der Waals surface area (Å²) in [5.41, 5.74) is 3.15. The van der Waals surface area contributed by atoms with Crippen LogP contribution >= 0.6 is 11.8 Å². The quantitative estimate of drug-likeness (QED) is 0.767. The van der Waals surface area contributed by atoms with Gasteiger partial charge in [0.15, 0.2) is 0 Å². The average molecular weight is 357 g/mol. The molecule has 0 radical (unpaired) electrons. The fourth-order valence-electron chi connectivity index (χ4n) is 2.94. The van der Waals surface area contributed by atoms with Gasteiger partial charge in [-0.2, -0.15) is 0 Å². The van der Waals surface area contributed by atoms with Gasteiger partial charge in [-0.1, -0.05) is 69.3 Å². The third-order valence-electron chi connectivity index (χ3n) is 3.96. The molecule has 2 aromatic rings. The van der Waals surface area contributed by atoms with Crippen LogP contribution in [0.5, 0.6) is 0 Å². The maximum Gasteiger partial charge on any atom is 0.338 e. The molecule has 25 heavy (non-hydrogen) atoms. The summed E-state index contributed by atoms with van der Waals surface area (Å²) in [6.07, 6.45) is 1.97. The zero-order valence-electron chi connectivity index (χ0n) is 14.8. The minimum Gasteiger partial charge on any atom is -0.478 e. The summed E-state index contributed by atoms with van der Waals surface area (Å²) < 4.78 is 0. The number of aromatic carboxylic acids is 1. The van der Waals surface area contributed by atoms with Crippen molar-refractivity contribution in [1.29, 1.82) is 0 Å². The van der Waals surface area contributed by atoms with Crippen LogP contribution in [-0.2, 0) is 12.8 Å². The Morgan fingerprint density at radius 3 is 2.28 bits per heavy atom. The molecule has 1 aromatic carbocycles. The molecular formula is C20H23NO3S. The van der Waals surface area contributed by atoms with Gasteiger partial charge < -0.3 is 5.11 Å². The van der Waals surface area contributed by atoms with E-state index in [1.54, 1.807) is 0 Å². The van der Waals surface area contributed by atoms with Gasteiger partial charge in [0.1, 0.15) is 0 Å². The fraction of sp³-hybridized carbons (Fsp3) is 0.350. The minimum absolute atomic E-state index is 0.0857. The molecule has 1 aromatic heterocycles. The maximum atomic E-state index is 12.7. The second kappa shape index (κ2) is 8.81. The van der Waals surface area contributed by atoms with Gasteiger partial charge in [-0.3, -0.25) is 9.78 Å². The van der Waals surface area contributed by atoms with Crippen LogP contribution < -0.4 is 0 Å². The lowest BCUT2D eigenvalue weighted by Crippen LogP contribution is -2.16. The smallest absolute Gasteiger partial charge is 0.338 e. The SMILES string of the molecule is CCCc1nc(-c2ccccc2)c(C(=O)O)c(CC)c1C(=O)SCC. The van der Waals surface area contributed by atoms with E-state index < -0.39 is 5.97 Å². The standard InChI is InChI=1S/C20H23NO3S/c1-4-10-15-16(20(24)25-6-3)14(5-2)17(19(22)23)18(21-15)13-11-8-7-9-12-13/h7-9,11-12H,4-6,10H2,1-3H3,(H,22,23). The van der Waals surface area contributed by atoms with Gasteiger partial charge in [0, 0.05) is 5.56 Å². The summed E-state index contributed by atoms with van der Waals surface area (Å²) in [6.45, 7) is 5.83. The number of thioether (sulfide) groups is 1. The van der Waals surface area contributed by atoms with E-state index in [-0.39, 0.29) is 10.7 Å². The van der Waals surface area contributed by atoms with E-state index in [4.69, 9.17) is 0 Å². The minimum atomic E-state index is -1.04. The van der Waals surface area contributed by atoms with Crippen LogP contribution in [0.4, 0.5) is 0 Å². The number of carbonyl (C=O) groups excluding carboxylic acids is 1. The van der Waals surface area contributed by atoms with E-state index in [0.717, 1.165) is 12.0 Å². The van der Waals surface area contributed by atoms with Crippen LogP contribution in [-0.4, -0.2) is 26.9 Å². The molecule has 132 valence electrons. The van der Waals surface area contributed by atoms with Crippen molar-refractivity contribution < 1.29 is 14.7 Å². The summed E-state index contributed by atoms with van der Waals surface area (Å²) in [7, 11) is 0. The Hall–Kier alpha value is -2.14. The highest BCUT2D eigenvalue weighted by Crippen LogP contribution is 2.31. The largest absolute Gasteiger partial charge is 0.478 e. The number of carbonyl (C=O) groups is 2. The van der Waals surface area contributed by atoms with Gasteiger partial charge in [-0.05, 0) is 24.2 Å². The summed E-state index contributed by atoms with van der Waals surface area (Å²) in [4.78, 5) is 29.3. The predicted octanol–water partition coefficient (Wildman–Crippen LogP) is 4.86. The summed E-state index contributed by atoms with van der Waals surface area (Å²) in [5.74, 6) is -0.391. The zero-order chi connectivity index (χ0) is 18.4. The Morgan fingerprint density at radius 2 is 1.76 bits per heavy atom. The normalized spacial score (nSPS) is 10.7. The molecule has 1 heterocycles. The summed E-state index contributed by atoms with van der Waals surface area (Å²) >= 11 is 1.20. The molecule has 0 saturated carbocycles. The molecule has 0 saturated heterocycles. The van der Waals surface area contributed by atoms with Crippen molar-refractivity contribution in [3.05, 3.63) is 52.7 Å². The summed E-state index contributed by atoms with van der Waals surface area (Å²) in [5, 5.41) is 9.75. The molecule has 0 aliphatic carbocycles. The number of carboxylic acid groups (broad SMARTS) is 1. The van der Waals surface area contributed by atoms with Crippen LogP contribution in [0.15, 0.2) is 30.3 Å². The number of hydrogen-bond acceptors (Lipinski definition) is 4. The fourth-order valence-corrected chi connectivity index (χ4v) is 3.59. The number of rotatable bonds is 7. The lowest BCUT2D eigenvalue weighted by molar-refractivity contribution is 0.0696. The van der Waals surface area contributed by atoms with E-state index >= 15 is 0 Å². The number of carboxylic acids is 1. The summed E-state index contributed by atoms with van der Waals surface area (Å²) in [6, 6.07) is 9.31. The van der Waals surface area contributed by atoms with E-state index in [1.165, 1.54) is 11.8 Å². The van der Waals surface area contributed by atoms with Crippen LogP contribution in [0.1, 0.15) is 59.2 Å². The molecule has 4 nitrogen and oxygen atoms in total. The van der Waals surface area contributed by atoms with Crippen LogP contribution in [0.2, 0.25) is 0 Å². The van der Waals surface area contributed by atoms with Crippen molar-refractivity contribution in [3.8, 4) is 11.3 Å². The van der Waals surface area contributed by atoms with Gasteiger partial charge in [-0.15, -0.1) is 0 Å². The lowest BCUT2D eigenvalue weighted by atomic mass is 9.92. The number of nitrogens with zero attached hydrogens (tertiary/aromatic N) is 1. The Balaban J connectivity index is 2.84. The van der Waals surface area contributed by atoms with Crippen LogP contribution in [0.3, 0.4) is 0 Å². The molecule has 5 heteroatoms. The predicted molar refractivity (Wildman–Crippen MR) is 102 cm³/mol. The monoisotopic (exact) mass is 357 g/mol. The first-order chi connectivity index (χ1) is 12.0. The molecule has 0 bridgehead atoms. The Bertz CT molecular complexity index is 772. The van der Waals surface area contributed by atoms with E-state index in [9.17, 15) is 14.7 Å². The van der Waals surface area contributed by atoms with E-state index in [1.807, 2.05) is 51.1 Å². The van der Waals surface area contributed by atoms with Gasteiger partial charge in [0.2, 0.25) is 5.12 Å². The van der Waals surface area contributed by atoms with Crippen LogP contribution in [0, 0.1) is 0 Å². The molecule has 0 aliphatic rings. The molecule has 1 N–H and O–H groups in total. The van der Waals surface area contributed by atoms with Gasteiger partial charge >= 0.3 is 5.97 Å². The topological polar surface area (TPSA) is 67.3 Å². The number of aromatic nitrogens is 1. The maximum absolute atomic E-state index is 12.7. The molecule has 0 atom stereocenters. The second-order valence-corrected chi connectivity index (χ2v) is 6.87. The molecule has 0 amide bonds. The highest BCUT2D eigenvalue weighted by Gasteiger charge is 2.26. The number of benzene rings is 1. The third-order valence-corrected chi connectivity index (χ3v) is 4.71. The zero-order valence-corrected chi connectivity index (χ0v) is 15.7. The van der Waals surface area contributed by atoms with Crippen molar-refractivity contribution in [3.63, 3.8) is 0 Å². The van der Waals surface area contributed by atoms with Crippen molar-refractivity contribution >= 4 is 22.8 Å². The Morgan fingerprint density at radius 1 is 1.08 bits per heavy atom.